The molecule has 0 aromatic heterocycles. The van der Waals surface area contributed by atoms with E-state index in [2.05, 4.69) is 5.32 Å². The van der Waals surface area contributed by atoms with Crippen molar-refractivity contribution in [1.82, 2.24) is 5.32 Å². The van der Waals surface area contributed by atoms with Gasteiger partial charge in [0.2, 0.25) is 0 Å². The molecular formula is C19H25NO7. The van der Waals surface area contributed by atoms with Crippen molar-refractivity contribution in [2.75, 3.05) is 34.0 Å². The Bertz CT molecular complexity index is 670. The monoisotopic (exact) mass is 379 g/mol. The summed E-state index contributed by atoms with van der Waals surface area (Å²) < 4.78 is 20.0. The van der Waals surface area contributed by atoms with Crippen LogP contribution in [-0.4, -0.2) is 51.8 Å². The molecule has 0 aliphatic rings. The standard InChI is InChI=1S/C19H25NO7/c1-4-26-18(22)6-5-11-20-17(21)13-27-19(23)10-8-14-7-9-15(24-2)12-16(14)25-3/h7-10,12H,4-6,11,13H2,1-3H3,(H,20,21)/b10-8+. The highest BCUT2D eigenvalue weighted by atomic mass is 16.5. The van der Waals surface area contributed by atoms with Crippen LogP contribution in [0.4, 0.5) is 0 Å². The number of carbonyl (C=O) groups is 3. The van der Waals surface area contributed by atoms with Crippen molar-refractivity contribution in [2.45, 2.75) is 19.8 Å². The third-order valence-electron chi connectivity index (χ3n) is 3.37. The number of hydrogen-bond donors (Lipinski definition) is 1. The molecular weight excluding hydrogens is 354 g/mol. The van der Waals surface area contributed by atoms with E-state index in [4.69, 9.17) is 18.9 Å². The van der Waals surface area contributed by atoms with Crippen LogP contribution >= 0.6 is 0 Å². The average Bonchev–Trinajstić information content (AvgIpc) is 2.68. The van der Waals surface area contributed by atoms with Crippen molar-refractivity contribution in [3.8, 4) is 11.5 Å². The van der Waals surface area contributed by atoms with Gasteiger partial charge in [-0.25, -0.2) is 4.79 Å². The number of esters is 2. The molecule has 0 aliphatic carbocycles. The first-order valence-electron chi connectivity index (χ1n) is 8.49. The van der Waals surface area contributed by atoms with Crippen molar-refractivity contribution in [3.05, 3.63) is 29.8 Å². The van der Waals surface area contributed by atoms with Crippen LogP contribution in [0.3, 0.4) is 0 Å². The van der Waals surface area contributed by atoms with Crippen molar-refractivity contribution >= 4 is 23.9 Å². The summed E-state index contributed by atoms with van der Waals surface area (Å²) in [6.07, 6.45) is 3.41. The maximum Gasteiger partial charge on any atom is 0.331 e. The summed E-state index contributed by atoms with van der Waals surface area (Å²) in [6, 6.07) is 5.16. The van der Waals surface area contributed by atoms with Crippen molar-refractivity contribution in [3.63, 3.8) is 0 Å². The van der Waals surface area contributed by atoms with Gasteiger partial charge < -0.3 is 24.3 Å². The number of nitrogens with one attached hydrogen (secondary N) is 1. The number of rotatable bonds is 11. The Labute approximate surface area is 158 Å². The summed E-state index contributed by atoms with van der Waals surface area (Å²) in [6.45, 7) is 1.96. The van der Waals surface area contributed by atoms with Gasteiger partial charge in [0.25, 0.3) is 5.91 Å². The lowest BCUT2D eigenvalue weighted by atomic mass is 10.2. The Hall–Kier alpha value is -3.03. The zero-order valence-electron chi connectivity index (χ0n) is 15.8. The minimum Gasteiger partial charge on any atom is -0.497 e. The first kappa shape index (κ1) is 22.0. The van der Waals surface area contributed by atoms with E-state index in [0.717, 1.165) is 0 Å². The SMILES string of the molecule is CCOC(=O)CCCNC(=O)COC(=O)/C=C/c1ccc(OC)cc1OC. The maximum absolute atomic E-state index is 11.7. The summed E-state index contributed by atoms with van der Waals surface area (Å²) >= 11 is 0. The van der Waals surface area contributed by atoms with Gasteiger partial charge >= 0.3 is 11.9 Å². The number of hydrogen-bond acceptors (Lipinski definition) is 7. The molecule has 0 atom stereocenters. The van der Waals surface area contributed by atoms with Gasteiger partial charge in [0.1, 0.15) is 11.5 Å². The van der Waals surface area contributed by atoms with E-state index in [0.29, 0.717) is 36.6 Å². The van der Waals surface area contributed by atoms with E-state index in [1.165, 1.54) is 19.3 Å². The highest BCUT2D eigenvalue weighted by molar-refractivity contribution is 5.89. The smallest absolute Gasteiger partial charge is 0.331 e. The summed E-state index contributed by atoms with van der Waals surface area (Å²) in [4.78, 5) is 34.5. The quantitative estimate of drug-likeness (QED) is 0.355. The first-order chi connectivity index (χ1) is 13.0. The fourth-order valence-electron chi connectivity index (χ4n) is 2.04. The molecule has 148 valence electrons. The lowest BCUT2D eigenvalue weighted by Crippen LogP contribution is -2.29. The molecule has 27 heavy (non-hydrogen) atoms. The second-order valence-corrected chi connectivity index (χ2v) is 5.31. The van der Waals surface area contributed by atoms with Crippen LogP contribution in [0, 0.1) is 0 Å². The van der Waals surface area contributed by atoms with Crippen LogP contribution in [0.1, 0.15) is 25.3 Å². The number of methoxy groups -OCH3 is 2. The molecule has 8 heteroatoms. The van der Waals surface area contributed by atoms with Gasteiger partial charge in [-0.1, -0.05) is 0 Å². The Morgan fingerprint density at radius 3 is 2.56 bits per heavy atom. The molecule has 0 fully saturated rings. The molecule has 0 saturated carbocycles. The van der Waals surface area contributed by atoms with Gasteiger partial charge in [0.15, 0.2) is 6.61 Å². The molecule has 0 radical (unpaired) electrons. The van der Waals surface area contributed by atoms with E-state index in [9.17, 15) is 14.4 Å². The number of benzene rings is 1. The average molecular weight is 379 g/mol. The molecule has 1 amide bonds. The van der Waals surface area contributed by atoms with Crippen LogP contribution < -0.4 is 14.8 Å². The van der Waals surface area contributed by atoms with E-state index in [1.807, 2.05) is 0 Å². The van der Waals surface area contributed by atoms with Crippen molar-refractivity contribution in [1.29, 1.82) is 0 Å². The van der Waals surface area contributed by atoms with Gasteiger partial charge in [-0.05, 0) is 31.6 Å². The Morgan fingerprint density at radius 2 is 1.89 bits per heavy atom. The molecule has 0 unspecified atom stereocenters. The number of amides is 1. The predicted molar refractivity (Wildman–Crippen MR) is 98.4 cm³/mol. The maximum atomic E-state index is 11.7. The summed E-state index contributed by atoms with van der Waals surface area (Å²) in [5.74, 6) is -0.238. The third-order valence-corrected chi connectivity index (χ3v) is 3.37. The van der Waals surface area contributed by atoms with Gasteiger partial charge in [0.05, 0.1) is 20.8 Å². The molecule has 8 nitrogen and oxygen atoms in total. The zero-order chi connectivity index (χ0) is 20.1. The van der Waals surface area contributed by atoms with E-state index in [-0.39, 0.29) is 12.4 Å². The highest BCUT2D eigenvalue weighted by Gasteiger charge is 2.07. The second kappa shape index (κ2) is 12.3. The molecule has 0 aliphatic heterocycles. The second-order valence-electron chi connectivity index (χ2n) is 5.31. The Kier molecular flexibility index (Phi) is 10.1. The summed E-state index contributed by atoms with van der Waals surface area (Å²) in [5, 5.41) is 2.56. The zero-order valence-corrected chi connectivity index (χ0v) is 15.8. The van der Waals surface area contributed by atoms with Gasteiger partial charge in [0, 0.05) is 30.7 Å². The van der Waals surface area contributed by atoms with Crippen molar-refractivity contribution < 1.29 is 33.3 Å². The molecule has 1 rings (SSSR count). The van der Waals surface area contributed by atoms with E-state index < -0.39 is 18.5 Å². The van der Waals surface area contributed by atoms with Gasteiger partial charge in [-0.3, -0.25) is 9.59 Å². The lowest BCUT2D eigenvalue weighted by Gasteiger charge is -2.07. The molecule has 0 heterocycles. The number of ether oxygens (including phenoxy) is 4. The fourth-order valence-corrected chi connectivity index (χ4v) is 2.04. The molecule has 0 spiro atoms. The molecule has 0 bridgehead atoms. The van der Waals surface area contributed by atoms with Gasteiger partial charge in [-0.15, -0.1) is 0 Å². The summed E-state index contributed by atoms with van der Waals surface area (Å²) in [5.41, 5.74) is 0.665. The highest BCUT2D eigenvalue weighted by Crippen LogP contribution is 2.25. The molecule has 1 aromatic rings. The molecule has 1 N–H and O–H groups in total. The van der Waals surface area contributed by atoms with Crippen LogP contribution in [0.5, 0.6) is 11.5 Å². The van der Waals surface area contributed by atoms with Crippen LogP contribution in [0.25, 0.3) is 6.08 Å². The van der Waals surface area contributed by atoms with E-state index in [1.54, 1.807) is 32.2 Å². The van der Waals surface area contributed by atoms with E-state index >= 15 is 0 Å². The normalized spacial score (nSPS) is 10.3. The van der Waals surface area contributed by atoms with Crippen LogP contribution in [0.2, 0.25) is 0 Å². The number of carbonyl (C=O) groups excluding carboxylic acids is 3. The fraction of sp³-hybridized carbons (Fsp3) is 0.421. The Balaban J connectivity index is 2.35. The molecule has 0 saturated heterocycles. The molecule has 1 aromatic carbocycles. The predicted octanol–water partition coefficient (Wildman–Crippen LogP) is 1.72. The summed E-state index contributed by atoms with van der Waals surface area (Å²) in [7, 11) is 3.06. The van der Waals surface area contributed by atoms with Crippen molar-refractivity contribution in [2.24, 2.45) is 0 Å². The van der Waals surface area contributed by atoms with Crippen LogP contribution in [0.15, 0.2) is 24.3 Å². The first-order valence-corrected chi connectivity index (χ1v) is 8.49. The third kappa shape index (κ3) is 8.75. The topological polar surface area (TPSA) is 100 Å². The van der Waals surface area contributed by atoms with Crippen LogP contribution in [-0.2, 0) is 23.9 Å². The van der Waals surface area contributed by atoms with Gasteiger partial charge in [-0.2, -0.15) is 0 Å². The lowest BCUT2D eigenvalue weighted by molar-refractivity contribution is -0.143. The Morgan fingerprint density at radius 1 is 1.11 bits per heavy atom. The minimum absolute atomic E-state index is 0.223. The minimum atomic E-state index is -0.658. The largest absolute Gasteiger partial charge is 0.497 e.